The number of amides is 6. The Labute approximate surface area is 427 Å². The van der Waals surface area contributed by atoms with Gasteiger partial charge in [0.15, 0.2) is 0 Å². The van der Waals surface area contributed by atoms with E-state index in [9.17, 15) is 39.0 Å². The van der Waals surface area contributed by atoms with Gasteiger partial charge in [0, 0.05) is 81.6 Å². The monoisotopic (exact) mass is 1000 g/mol. The molecule has 390 valence electrons. The standard InChI is InChI=1S/C56H71N7O10/c1-9-46(65)60-25-22-55(33-60)20-13-23-62(51(55)68)53(70)59(7)47(35(3)4)49(66)57-44-29-36-27-39(30-40(64)28-36)38-17-18-45-42(31-38)43(48(61(45)10-2)41-16-12-11-15-37(41)19-26-72-8)32-54(5,6)34-73-52(69)56(71)21-14-24-63(58-56)50(44)67/h9,11-12,15-18,27-28,30-31,35,44,47,58,64,71H,1,10,13-14,19-26,29,32-34H2,2-8H3,(H,57,66)/t44-,47-,55-,56-/m0/s1. The summed E-state index contributed by atoms with van der Waals surface area (Å²) >= 11 is 0. The maximum absolute atomic E-state index is 14.9. The van der Waals surface area contributed by atoms with Crippen molar-refractivity contribution in [3.05, 3.63) is 90.0 Å². The number of nitrogens with one attached hydrogen (secondary N) is 2. The van der Waals surface area contributed by atoms with Gasteiger partial charge in [-0.2, -0.15) is 5.43 Å². The summed E-state index contributed by atoms with van der Waals surface area (Å²) in [5.41, 5.74) is 6.08. The predicted molar refractivity (Wildman–Crippen MR) is 275 cm³/mol. The minimum atomic E-state index is -2.29. The van der Waals surface area contributed by atoms with Crippen molar-refractivity contribution in [2.45, 2.75) is 110 Å². The van der Waals surface area contributed by atoms with Crippen LogP contribution in [-0.2, 0) is 59.3 Å². The van der Waals surface area contributed by atoms with E-state index in [1.165, 1.54) is 29.0 Å². The number of ether oxygens (including phenoxy) is 2. The lowest BCUT2D eigenvalue weighted by atomic mass is 9.78. The molecule has 3 aromatic carbocycles. The molecule has 73 heavy (non-hydrogen) atoms. The number of fused-ring (bicyclic) bond motifs is 6. The van der Waals surface area contributed by atoms with Gasteiger partial charge in [-0.05, 0) is 110 Å². The number of urea groups is 1. The average Bonchev–Trinajstić information content (AvgIpc) is 3.93. The molecule has 1 aromatic heterocycles. The van der Waals surface area contributed by atoms with Crippen molar-refractivity contribution < 1.29 is 48.5 Å². The molecule has 4 aliphatic heterocycles. The first-order valence-corrected chi connectivity index (χ1v) is 25.6. The van der Waals surface area contributed by atoms with E-state index >= 15 is 0 Å². The molecule has 4 atom stereocenters. The molecule has 6 amide bonds. The zero-order chi connectivity index (χ0) is 52.6. The zero-order valence-corrected chi connectivity index (χ0v) is 43.3. The highest BCUT2D eigenvalue weighted by Gasteiger charge is 2.52. The number of cyclic esters (lactones) is 1. The summed E-state index contributed by atoms with van der Waals surface area (Å²) in [5.74, 6) is -3.56. The van der Waals surface area contributed by atoms with Gasteiger partial charge in [-0.1, -0.05) is 70.7 Å². The Bertz CT molecular complexity index is 2820. The molecule has 17 heteroatoms. The quantitative estimate of drug-likeness (QED) is 0.108. The van der Waals surface area contributed by atoms with E-state index in [0.717, 1.165) is 43.9 Å². The van der Waals surface area contributed by atoms with Gasteiger partial charge in [0.25, 0.3) is 5.91 Å². The van der Waals surface area contributed by atoms with Crippen LogP contribution >= 0.6 is 0 Å². The van der Waals surface area contributed by atoms with E-state index in [0.29, 0.717) is 62.9 Å². The second-order valence-corrected chi connectivity index (χ2v) is 21.5. The molecule has 8 rings (SSSR count). The fraction of sp³-hybridized carbons (Fsp3) is 0.500. The van der Waals surface area contributed by atoms with Gasteiger partial charge in [-0.15, -0.1) is 0 Å². The Hall–Kier alpha value is -6.56. The average molecular weight is 1000 g/mol. The highest BCUT2D eigenvalue weighted by atomic mass is 16.6. The maximum atomic E-state index is 14.9. The lowest BCUT2D eigenvalue weighted by molar-refractivity contribution is -0.189. The van der Waals surface area contributed by atoms with Crippen LogP contribution in [0.2, 0.25) is 0 Å². The molecule has 3 saturated heterocycles. The largest absolute Gasteiger partial charge is 0.508 e. The van der Waals surface area contributed by atoms with Gasteiger partial charge in [0.2, 0.25) is 23.4 Å². The molecule has 1 spiro atoms. The Morgan fingerprint density at radius 3 is 2.48 bits per heavy atom. The van der Waals surface area contributed by atoms with Crippen molar-refractivity contribution in [1.82, 2.24) is 35.0 Å². The van der Waals surface area contributed by atoms with Gasteiger partial charge in [-0.3, -0.25) is 29.1 Å². The number of likely N-dealkylation sites (N-methyl/N-ethyl adjacent to an activating group) is 1. The van der Waals surface area contributed by atoms with E-state index in [1.807, 2.05) is 38.1 Å². The first-order valence-electron chi connectivity index (χ1n) is 25.6. The molecule has 4 aromatic rings. The lowest BCUT2D eigenvalue weighted by Crippen LogP contribution is -2.67. The van der Waals surface area contributed by atoms with E-state index < -0.39 is 64.3 Å². The number of benzene rings is 3. The highest BCUT2D eigenvalue weighted by molar-refractivity contribution is 6.01. The van der Waals surface area contributed by atoms with Crippen LogP contribution in [0.1, 0.15) is 83.4 Å². The third-order valence-electron chi connectivity index (χ3n) is 15.2. The fourth-order valence-corrected chi connectivity index (χ4v) is 11.5. The number of rotatable bonds is 10. The number of hydrogen-bond acceptors (Lipinski definition) is 11. The molecule has 0 aliphatic carbocycles. The minimum Gasteiger partial charge on any atom is -0.508 e. The molecule has 6 bridgehead atoms. The molecule has 0 unspecified atom stereocenters. The van der Waals surface area contributed by atoms with Crippen LogP contribution in [0.15, 0.2) is 73.3 Å². The number of aliphatic hydroxyl groups is 1. The van der Waals surface area contributed by atoms with Crippen LogP contribution in [0, 0.1) is 16.7 Å². The SMILES string of the molecule is C=CC(=O)N1CC[C@@]2(CCCN(C(=O)N(C)[C@H](C(=O)N[C@H]3Cc4cc(O)cc(c4)-c4ccc5c(c4)c(c(-c4ccccc4CCOC)n5CC)CC(C)(C)COC(=O)[C@@]4(O)CCCN(N4)C3=O)C(C)C)C2=O)C1. The number of nitrogens with zero attached hydrogens (tertiary/aromatic N) is 5. The van der Waals surface area contributed by atoms with E-state index in [4.69, 9.17) is 9.47 Å². The number of aromatic nitrogens is 1. The number of carbonyl (C=O) groups is 6. The third-order valence-corrected chi connectivity index (χ3v) is 15.2. The van der Waals surface area contributed by atoms with Crippen molar-refractivity contribution in [2.24, 2.45) is 16.7 Å². The number of hydrogen-bond donors (Lipinski definition) is 4. The van der Waals surface area contributed by atoms with Crippen molar-refractivity contribution in [2.75, 3.05) is 53.6 Å². The Morgan fingerprint density at radius 1 is 1.00 bits per heavy atom. The van der Waals surface area contributed by atoms with Crippen molar-refractivity contribution >= 4 is 46.5 Å². The van der Waals surface area contributed by atoms with E-state index in [-0.39, 0.29) is 57.2 Å². The second-order valence-electron chi connectivity index (χ2n) is 21.5. The number of likely N-dealkylation sites (tertiary alicyclic amines) is 2. The van der Waals surface area contributed by atoms with Crippen LogP contribution in [0.25, 0.3) is 33.3 Å². The fourth-order valence-electron chi connectivity index (χ4n) is 11.5. The first-order chi connectivity index (χ1) is 34.7. The summed E-state index contributed by atoms with van der Waals surface area (Å²) in [6.07, 6.45) is 3.83. The highest BCUT2D eigenvalue weighted by Crippen LogP contribution is 2.43. The third kappa shape index (κ3) is 10.5. The summed E-state index contributed by atoms with van der Waals surface area (Å²) in [6, 6.07) is 16.3. The summed E-state index contributed by atoms with van der Waals surface area (Å²) in [4.78, 5) is 88.8. The minimum absolute atomic E-state index is 0.0560. The number of esters is 1. The molecule has 5 heterocycles. The summed E-state index contributed by atoms with van der Waals surface area (Å²) in [5, 5.41) is 28.4. The number of hydrazine groups is 1. The number of aromatic hydroxyl groups is 1. The molecular formula is C56H71N7O10. The number of phenols is 1. The molecule has 0 radical (unpaired) electrons. The summed E-state index contributed by atoms with van der Waals surface area (Å²) < 4.78 is 13.8. The maximum Gasteiger partial charge on any atom is 0.355 e. The van der Waals surface area contributed by atoms with Gasteiger partial charge in [-0.25, -0.2) is 9.59 Å². The second kappa shape index (κ2) is 21.1. The molecule has 17 nitrogen and oxygen atoms in total. The van der Waals surface area contributed by atoms with Gasteiger partial charge in [0.1, 0.15) is 17.8 Å². The predicted octanol–water partition coefficient (Wildman–Crippen LogP) is 5.96. The Morgan fingerprint density at radius 2 is 1.75 bits per heavy atom. The van der Waals surface area contributed by atoms with Crippen molar-refractivity contribution in [3.8, 4) is 28.1 Å². The molecular weight excluding hydrogens is 931 g/mol. The number of phenolic OH excluding ortho intramolecular Hbond substituents is 1. The van der Waals surface area contributed by atoms with E-state index in [1.54, 1.807) is 31.9 Å². The normalized spacial score (nSPS) is 22.8. The van der Waals surface area contributed by atoms with Crippen LogP contribution < -0.4 is 10.7 Å². The lowest BCUT2D eigenvalue weighted by Gasteiger charge is -2.42. The number of aryl methyl sites for hydroxylation is 1. The van der Waals surface area contributed by atoms with Crippen LogP contribution in [0.4, 0.5) is 4.79 Å². The summed E-state index contributed by atoms with van der Waals surface area (Å²) in [6.45, 7) is 15.1. The topological polar surface area (TPSA) is 203 Å². The zero-order valence-electron chi connectivity index (χ0n) is 43.3. The summed E-state index contributed by atoms with van der Waals surface area (Å²) in [7, 11) is 3.14. The molecule has 0 saturated carbocycles. The number of methoxy groups -OCH3 is 1. The number of imide groups is 1. The van der Waals surface area contributed by atoms with Gasteiger partial charge in [0.05, 0.1) is 24.3 Å². The van der Waals surface area contributed by atoms with E-state index in [2.05, 4.69) is 53.1 Å². The first kappa shape index (κ1) is 52.8. The molecule has 4 N–H and O–H groups in total. The molecule has 3 fully saturated rings. The van der Waals surface area contributed by atoms with Crippen molar-refractivity contribution in [1.29, 1.82) is 0 Å². The molecule has 4 aliphatic rings. The van der Waals surface area contributed by atoms with Crippen LogP contribution in [0.3, 0.4) is 0 Å². The van der Waals surface area contributed by atoms with Gasteiger partial charge >= 0.3 is 12.0 Å². The van der Waals surface area contributed by atoms with Gasteiger partial charge < -0.3 is 39.4 Å². The van der Waals surface area contributed by atoms with Crippen molar-refractivity contribution in [3.63, 3.8) is 0 Å². The van der Waals surface area contributed by atoms with Crippen LogP contribution in [-0.4, -0.2) is 141 Å². The number of carbonyl (C=O) groups excluding carboxylic acids is 6. The van der Waals surface area contributed by atoms with Crippen LogP contribution in [0.5, 0.6) is 5.75 Å². The Kier molecular flexibility index (Phi) is 15.3. The number of piperidine rings is 1. The smallest absolute Gasteiger partial charge is 0.355 e. The Balaban J connectivity index is 1.18.